The average molecular weight is 298 g/mol. The lowest BCUT2D eigenvalue weighted by atomic mass is 10.2. The molecule has 9 heteroatoms. The van der Waals surface area contributed by atoms with E-state index in [0.717, 1.165) is 25.7 Å². The Labute approximate surface area is 120 Å². The van der Waals surface area contributed by atoms with E-state index in [2.05, 4.69) is 20.8 Å². The molecule has 0 aliphatic heterocycles. The molecular weight excluding hydrogens is 280 g/mol. The summed E-state index contributed by atoms with van der Waals surface area (Å²) in [7, 11) is 1.71. The van der Waals surface area contributed by atoms with Crippen molar-refractivity contribution in [3.05, 3.63) is 0 Å². The molecular formula is C11H18N6O2S. The second kappa shape index (κ2) is 6.60. The third-order valence-electron chi connectivity index (χ3n) is 3.14. The van der Waals surface area contributed by atoms with Gasteiger partial charge in [-0.2, -0.15) is 0 Å². The largest absolute Gasteiger partial charge is 0.368 e. The lowest BCUT2D eigenvalue weighted by Gasteiger charge is -2.11. The van der Waals surface area contributed by atoms with E-state index in [9.17, 15) is 9.59 Å². The minimum atomic E-state index is -0.431. The number of nitrogens with two attached hydrogens (primary N) is 1. The van der Waals surface area contributed by atoms with Gasteiger partial charge in [0.1, 0.15) is 0 Å². The molecule has 1 aromatic heterocycles. The number of hydrogen-bond donors (Lipinski definition) is 3. The maximum Gasteiger partial charge on any atom is 0.321 e. The summed E-state index contributed by atoms with van der Waals surface area (Å²) in [4.78, 5) is 23.2. The molecule has 110 valence electrons. The first-order valence-electron chi connectivity index (χ1n) is 6.44. The molecule has 8 nitrogen and oxygen atoms in total. The number of nitrogen functional groups attached to an aromatic ring is 1. The van der Waals surface area contributed by atoms with Gasteiger partial charge in [0.2, 0.25) is 11.9 Å². The molecule has 1 aromatic rings. The molecule has 0 aromatic carbocycles. The Balaban J connectivity index is 1.72. The van der Waals surface area contributed by atoms with E-state index in [-0.39, 0.29) is 23.7 Å². The van der Waals surface area contributed by atoms with Crippen LogP contribution in [-0.4, -0.2) is 38.5 Å². The first-order chi connectivity index (χ1) is 9.56. The fourth-order valence-corrected chi connectivity index (χ4v) is 2.75. The minimum Gasteiger partial charge on any atom is -0.368 e. The van der Waals surface area contributed by atoms with Crippen LogP contribution in [0.25, 0.3) is 0 Å². The number of rotatable bonds is 4. The number of nitrogens with one attached hydrogen (secondary N) is 2. The van der Waals surface area contributed by atoms with Gasteiger partial charge in [0.25, 0.3) is 0 Å². The van der Waals surface area contributed by atoms with Crippen LogP contribution in [0.3, 0.4) is 0 Å². The molecule has 2 rings (SSSR count). The van der Waals surface area contributed by atoms with Gasteiger partial charge in [0.05, 0.1) is 5.75 Å². The third-order valence-corrected chi connectivity index (χ3v) is 4.16. The Morgan fingerprint density at radius 3 is 2.70 bits per heavy atom. The Bertz CT molecular complexity index is 497. The summed E-state index contributed by atoms with van der Waals surface area (Å²) in [5.41, 5.74) is 5.53. The van der Waals surface area contributed by atoms with Crippen LogP contribution in [0.5, 0.6) is 0 Å². The highest BCUT2D eigenvalue weighted by Crippen LogP contribution is 2.17. The summed E-state index contributed by atoms with van der Waals surface area (Å²) in [6.07, 6.45) is 4.22. The average Bonchev–Trinajstić information content (AvgIpc) is 3.00. The summed E-state index contributed by atoms with van der Waals surface area (Å²) < 4.78 is 1.58. The number of nitrogens with zero attached hydrogens (tertiary/aromatic N) is 3. The van der Waals surface area contributed by atoms with Crippen molar-refractivity contribution in [1.82, 2.24) is 25.4 Å². The highest BCUT2D eigenvalue weighted by Gasteiger charge is 2.18. The van der Waals surface area contributed by atoms with Crippen molar-refractivity contribution in [3.8, 4) is 0 Å². The Hall–Kier alpha value is -1.77. The number of carbonyl (C=O) groups excluding carboxylic acids is 2. The van der Waals surface area contributed by atoms with Crippen LogP contribution in [0, 0.1) is 0 Å². The zero-order chi connectivity index (χ0) is 14.5. The van der Waals surface area contributed by atoms with Gasteiger partial charge >= 0.3 is 6.03 Å². The number of carbonyl (C=O) groups is 2. The number of thioether (sulfide) groups is 1. The number of hydrogen-bond acceptors (Lipinski definition) is 6. The predicted octanol–water partition coefficient (Wildman–Crippen LogP) is 0.258. The van der Waals surface area contributed by atoms with Crippen LogP contribution in [0.15, 0.2) is 5.16 Å². The fourth-order valence-electron chi connectivity index (χ4n) is 2.04. The monoisotopic (exact) mass is 298 g/mol. The Morgan fingerprint density at radius 1 is 1.40 bits per heavy atom. The lowest BCUT2D eigenvalue weighted by Crippen LogP contribution is -2.44. The second-order valence-corrected chi connectivity index (χ2v) is 5.63. The SMILES string of the molecule is Cn1c(N)nnc1SCC(=O)NC(=O)NC1CCCC1. The van der Waals surface area contributed by atoms with E-state index in [4.69, 9.17) is 5.73 Å². The van der Waals surface area contributed by atoms with Gasteiger partial charge in [0, 0.05) is 13.1 Å². The molecule has 0 saturated heterocycles. The van der Waals surface area contributed by atoms with Crippen molar-refractivity contribution >= 4 is 29.6 Å². The third kappa shape index (κ3) is 3.86. The van der Waals surface area contributed by atoms with Crippen molar-refractivity contribution < 1.29 is 9.59 Å². The van der Waals surface area contributed by atoms with Crippen molar-refractivity contribution in [2.75, 3.05) is 11.5 Å². The van der Waals surface area contributed by atoms with Crippen molar-refractivity contribution in [1.29, 1.82) is 0 Å². The smallest absolute Gasteiger partial charge is 0.321 e. The predicted molar refractivity (Wildman–Crippen MR) is 75.1 cm³/mol. The van der Waals surface area contributed by atoms with E-state index in [0.29, 0.717) is 5.16 Å². The van der Waals surface area contributed by atoms with Crippen molar-refractivity contribution in [2.45, 2.75) is 36.9 Å². The summed E-state index contributed by atoms with van der Waals surface area (Å²) in [6.45, 7) is 0. The van der Waals surface area contributed by atoms with Crippen molar-refractivity contribution in [2.24, 2.45) is 7.05 Å². The number of anilines is 1. The summed E-state index contributed by atoms with van der Waals surface area (Å²) >= 11 is 1.18. The summed E-state index contributed by atoms with van der Waals surface area (Å²) in [5.74, 6) is 0.00306. The molecule has 0 atom stereocenters. The first-order valence-corrected chi connectivity index (χ1v) is 7.43. The molecule has 0 radical (unpaired) electrons. The number of urea groups is 1. The molecule has 0 unspecified atom stereocenters. The maximum atomic E-state index is 11.6. The van der Waals surface area contributed by atoms with Gasteiger partial charge in [-0.3, -0.25) is 14.7 Å². The van der Waals surface area contributed by atoms with Gasteiger partial charge in [-0.25, -0.2) is 4.79 Å². The molecule has 1 aliphatic rings. The lowest BCUT2D eigenvalue weighted by molar-refractivity contribution is -0.117. The molecule has 0 spiro atoms. The van der Waals surface area contributed by atoms with Gasteiger partial charge in [0.15, 0.2) is 5.16 Å². The molecule has 3 amide bonds. The molecule has 1 heterocycles. The fraction of sp³-hybridized carbons (Fsp3) is 0.636. The number of amides is 3. The van der Waals surface area contributed by atoms with Gasteiger partial charge in [-0.1, -0.05) is 24.6 Å². The Kier molecular flexibility index (Phi) is 4.83. The summed E-state index contributed by atoms with van der Waals surface area (Å²) in [6, 6.07) is -0.242. The second-order valence-electron chi connectivity index (χ2n) is 4.69. The van der Waals surface area contributed by atoms with E-state index in [1.807, 2.05) is 0 Å². The van der Waals surface area contributed by atoms with Gasteiger partial charge < -0.3 is 11.1 Å². The quantitative estimate of drug-likeness (QED) is 0.687. The van der Waals surface area contributed by atoms with Crippen LogP contribution in [0.2, 0.25) is 0 Å². The number of aromatic nitrogens is 3. The molecule has 0 bridgehead atoms. The number of imide groups is 1. The molecule has 1 saturated carbocycles. The van der Waals surface area contributed by atoms with Gasteiger partial charge in [-0.15, -0.1) is 10.2 Å². The summed E-state index contributed by atoms with van der Waals surface area (Å²) in [5, 5.41) is 13.1. The van der Waals surface area contributed by atoms with Crippen LogP contribution in [-0.2, 0) is 11.8 Å². The zero-order valence-corrected chi connectivity index (χ0v) is 12.1. The molecule has 20 heavy (non-hydrogen) atoms. The molecule has 4 N–H and O–H groups in total. The standard InChI is InChI=1S/C11H18N6O2S/c1-17-9(12)15-16-11(17)20-6-8(18)14-10(19)13-7-4-2-3-5-7/h7H,2-6H2,1H3,(H2,12,15)(H2,13,14,18,19). The van der Waals surface area contributed by atoms with Crippen LogP contribution in [0.4, 0.5) is 10.7 Å². The molecule has 1 fully saturated rings. The van der Waals surface area contributed by atoms with Gasteiger partial charge in [-0.05, 0) is 12.8 Å². The van der Waals surface area contributed by atoms with E-state index >= 15 is 0 Å². The highest BCUT2D eigenvalue weighted by atomic mass is 32.2. The van der Waals surface area contributed by atoms with Crippen LogP contribution in [0.1, 0.15) is 25.7 Å². The normalized spacial score (nSPS) is 15.2. The molecule has 1 aliphatic carbocycles. The van der Waals surface area contributed by atoms with Crippen molar-refractivity contribution in [3.63, 3.8) is 0 Å². The minimum absolute atomic E-state index is 0.0874. The maximum absolute atomic E-state index is 11.6. The van der Waals surface area contributed by atoms with E-state index in [1.54, 1.807) is 11.6 Å². The van der Waals surface area contributed by atoms with E-state index in [1.165, 1.54) is 11.8 Å². The topological polar surface area (TPSA) is 115 Å². The zero-order valence-electron chi connectivity index (χ0n) is 11.3. The van der Waals surface area contributed by atoms with Crippen LogP contribution < -0.4 is 16.4 Å². The Morgan fingerprint density at radius 2 is 2.10 bits per heavy atom. The van der Waals surface area contributed by atoms with Crippen LogP contribution >= 0.6 is 11.8 Å². The highest BCUT2D eigenvalue weighted by molar-refractivity contribution is 7.99. The van der Waals surface area contributed by atoms with E-state index < -0.39 is 6.03 Å². The first kappa shape index (κ1) is 14.6.